The van der Waals surface area contributed by atoms with Gasteiger partial charge in [0.25, 0.3) is 0 Å². The molecule has 0 atom stereocenters. The molecule has 8 heteroatoms. The Kier molecular flexibility index (Phi) is 6.90. The summed E-state index contributed by atoms with van der Waals surface area (Å²) >= 11 is 0. The SMILES string of the molecule is COCc1c(C(=O)OC)[nH]c(CN)c1-c1ccc(CO)c(CO)c1CO. The predicted molar refractivity (Wildman–Crippen MR) is 93.9 cm³/mol. The fourth-order valence-corrected chi connectivity index (χ4v) is 3.14. The maximum atomic E-state index is 12.1. The molecular formula is C18H24N2O6. The molecule has 2 aromatic rings. The average molecular weight is 364 g/mol. The minimum atomic E-state index is -0.557. The highest BCUT2D eigenvalue weighted by Gasteiger charge is 2.25. The molecule has 1 aromatic heterocycles. The molecule has 0 fully saturated rings. The second-order valence-electron chi connectivity index (χ2n) is 5.66. The molecule has 2 rings (SSSR count). The Labute approximate surface area is 151 Å². The standard InChI is InChI=1S/C18H24N2O6/c1-25-9-14-16(15(5-19)20-17(14)18(24)26-2)11-4-3-10(6-21)12(7-22)13(11)8-23/h3-4,20-23H,5-9,19H2,1-2H3. The van der Waals surface area contributed by atoms with Crippen LogP contribution < -0.4 is 5.73 Å². The molecule has 0 aliphatic heterocycles. The van der Waals surface area contributed by atoms with Crippen molar-refractivity contribution >= 4 is 5.97 Å². The number of carbonyl (C=O) groups is 1. The summed E-state index contributed by atoms with van der Waals surface area (Å²) in [5.41, 5.74) is 9.86. The zero-order valence-corrected chi connectivity index (χ0v) is 14.8. The molecule has 1 aromatic carbocycles. The smallest absolute Gasteiger partial charge is 0.354 e. The molecule has 0 bridgehead atoms. The van der Waals surface area contributed by atoms with Crippen LogP contribution >= 0.6 is 0 Å². The Balaban J connectivity index is 2.82. The van der Waals surface area contributed by atoms with Crippen molar-refractivity contribution in [2.24, 2.45) is 5.73 Å². The van der Waals surface area contributed by atoms with Gasteiger partial charge in [-0.15, -0.1) is 0 Å². The van der Waals surface area contributed by atoms with Crippen LogP contribution in [-0.4, -0.2) is 40.5 Å². The van der Waals surface area contributed by atoms with E-state index in [0.717, 1.165) is 0 Å². The number of methoxy groups -OCH3 is 2. The first-order chi connectivity index (χ1) is 12.6. The summed E-state index contributed by atoms with van der Waals surface area (Å²) in [6.07, 6.45) is 0. The second-order valence-corrected chi connectivity index (χ2v) is 5.66. The van der Waals surface area contributed by atoms with Crippen LogP contribution in [0.3, 0.4) is 0 Å². The van der Waals surface area contributed by atoms with E-state index in [0.29, 0.717) is 39.1 Å². The fraction of sp³-hybridized carbons (Fsp3) is 0.389. The molecule has 26 heavy (non-hydrogen) atoms. The van der Waals surface area contributed by atoms with Gasteiger partial charge in [0.05, 0.1) is 33.5 Å². The lowest BCUT2D eigenvalue weighted by Gasteiger charge is -2.17. The van der Waals surface area contributed by atoms with Crippen molar-refractivity contribution in [3.63, 3.8) is 0 Å². The van der Waals surface area contributed by atoms with E-state index in [4.69, 9.17) is 15.2 Å². The van der Waals surface area contributed by atoms with Gasteiger partial charge in [0.1, 0.15) is 5.69 Å². The number of aliphatic hydroxyl groups excluding tert-OH is 3. The van der Waals surface area contributed by atoms with Gasteiger partial charge in [0, 0.05) is 30.5 Å². The van der Waals surface area contributed by atoms with Crippen LogP contribution in [0.5, 0.6) is 0 Å². The molecule has 0 spiro atoms. The van der Waals surface area contributed by atoms with Gasteiger partial charge >= 0.3 is 5.97 Å². The van der Waals surface area contributed by atoms with Gasteiger partial charge in [-0.3, -0.25) is 0 Å². The Hall–Kier alpha value is -2.23. The van der Waals surface area contributed by atoms with E-state index in [1.165, 1.54) is 14.2 Å². The van der Waals surface area contributed by atoms with Crippen LogP contribution in [0.1, 0.15) is 38.4 Å². The maximum Gasteiger partial charge on any atom is 0.354 e. The van der Waals surface area contributed by atoms with Gasteiger partial charge in [0.2, 0.25) is 0 Å². The zero-order valence-electron chi connectivity index (χ0n) is 14.8. The van der Waals surface area contributed by atoms with Crippen LogP contribution in [0.2, 0.25) is 0 Å². The minimum absolute atomic E-state index is 0.115. The number of H-pyrrole nitrogens is 1. The van der Waals surface area contributed by atoms with Gasteiger partial charge < -0.3 is 35.5 Å². The van der Waals surface area contributed by atoms with Crippen LogP contribution in [-0.2, 0) is 42.4 Å². The lowest BCUT2D eigenvalue weighted by atomic mass is 9.90. The summed E-state index contributed by atoms with van der Waals surface area (Å²) in [7, 11) is 2.78. The number of nitrogens with two attached hydrogens (primary N) is 1. The summed E-state index contributed by atoms with van der Waals surface area (Å²) < 4.78 is 10.1. The summed E-state index contributed by atoms with van der Waals surface area (Å²) in [6.45, 7) is -0.723. The van der Waals surface area contributed by atoms with E-state index in [2.05, 4.69) is 4.98 Å². The van der Waals surface area contributed by atoms with Crippen molar-refractivity contribution in [1.29, 1.82) is 0 Å². The molecule has 0 aliphatic carbocycles. The van der Waals surface area contributed by atoms with Crippen molar-refractivity contribution in [1.82, 2.24) is 4.98 Å². The number of aromatic nitrogens is 1. The van der Waals surface area contributed by atoms with E-state index in [9.17, 15) is 20.1 Å². The van der Waals surface area contributed by atoms with Crippen LogP contribution in [0, 0.1) is 0 Å². The highest BCUT2D eigenvalue weighted by molar-refractivity contribution is 5.93. The van der Waals surface area contributed by atoms with Gasteiger partial charge in [-0.1, -0.05) is 12.1 Å². The first kappa shape index (κ1) is 20.1. The number of rotatable bonds is 8. The van der Waals surface area contributed by atoms with Gasteiger partial charge in [-0.05, 0) is 22.3 Å². The number of ether oxygens (including phenoxy) is 2. The molecule has 6 N–H and O–H groups in total. The monoisotopic (exact) mass is 364 g/mol. The van der Waals surface area contributed by atoms with Gasteiger partial charge in [0.15, 0.2) is 0 Å². The summed E-state index contributed by atoms with van der Waals surface area (Å²) in [4.78, 5) is 15.1. The largest absolute Gasteiger partial charge is 0.464 e. The Morgan fingerprint density at radius 3 is 2.27 bits per heavy atom. The number of aliphatic hydroxyl groups is 3. The quantitative estimate of drug-likeness (QED) is 0.431. The number of benzene rings is 1. The van der Waals surface area contributed by atoms with Crippen molar-refractivity contribution in [2.45, 2.75) is 33.0 Å². The number of aromatic amines is 1. The number of nitrogens with one attached hydrogen (secondary N) is 1. The summed E-state index contributed by atoms with van der Waals surface area (Å²) in [5, 5.41) is 29.1. The van der Waals surface area contributed by atoms with Crippen molar-refractivity contribution in [3.05, 3.63) is 45.8 Å². The van der Waals surface area contributed by atoms with Gasteiger partial charge in [-0.2, -0.15) is 0 Å². The third-order valence-electron chi connectivity index (χ3n) is 4.35. The van der Waals surface area contributed by atoms with Crippen LogP contribution in [0.4, 0.5) is 0 Å². The van der Waals surface area contributed by atoms with E-state index in [1.54, 1.807) is 12.1 Å². The molecule has 0 unspecified atom stereocenters. The molecule has 0 aliphatic rings. The van der Waals surface area contributed by atoms with Crippen LogP contribution in [0.15, 0.2) is 12.1 Å². The highest BCUT2D eigenvalue weighted by atomic mass is 16.5. The maximum absolute atomic E-state index is 12.1. The minimum Gasteiger partial charge on any atom is -0.464 e. The molecule has 0 saturated carbocycles. The number of carbonyl (C=O) groups excluding carboxylic acids is 1. The number of hydrogen-bond donors (Lipinski definition) is 5. The van der Waals surface area contributed by atoms with Crippen molar-refractivity contribution in [2.75, 3.05) is 14.2 Å². The van der Waals surface area contributed by atoms with Crippen molar-refractivity contribution < 1.29 is 29.6 Å². The third kappa shape index (κ3) is 3.50. The number of hydrogen-bond acceptors (Lipinski definition) is 7. The molecule has 0 saturated heterocycles. The highest BCUT2D eigenvalue weighted by Crippen LogP contribution is 2.36. The first-order valence-corrected chi connectivity index (χ1v) is 8.05. The molecule has 142 valence electrons. The summed E-state index contributed by atoms with van der Waals surface area (Å²) in [5.74, 6) is -0.557. The summed E-state index contributed by atoms with van der Waals surface area (Å²) in [6, 6.07) is 3.39. The van der Waals surface area contributed by atoms with E-state index in [1.807, 2.05) is 0 Å². The van der Waals surface area contributed by atoms with Gasteiger partial charge in [-0.25, -0.2) is 4.79 Å². The average Bonchev–Trinajstić information content (AvgIpc) is 3.04. The molecule has 0 amide bonds. The topological polar surface area (TPSA) is 138 Å². The normalized spacial score (nSPS) is 11.0. The van der Waals surface area contributed by atoms with E-state index in [-0.39, 0.29) is 38.7 Å². The van der Waals surface area contributed by atoms with Crippen LogP contribution in [0.25, 0.3) is 11.1 Å². The first-order valence-electron chi connectivity index (χ1n) is 8.05. The molecule has 0 radical (unpaired) electrons. The van der Waals surface area contributed by atoms with Crippen molar-refractivity contribution in [3.8, 4) is 11.1 Å². The Morgan fingerprint density at radius 2 is 1.77 bits per heavy atom. The Bertz CT molecular complexity index is 784. The molecule has 8 nitrogen and oxygen atoms in total. The lowest BCUT2D eigenvalue weighted by molar-refractivity contribution is 0.0589. The Morgan fingerprint density at radius 1 is 1.08 bits per heavy atom. The third-order valence-corrected chi connectivity index (χ3v) is 4.35. The predicted octanol–water partition coefficient (Wildman–Crippen LogP) is 0.550. The zero-order chi connectivity index (χ0) is 19.3. The van der Waals surface area contributed by atoms with E-state index < -0.39 is 5.97 Å². The lowest BCUT2D eigenvalue weighted by Crippen LogP contribution is -2.07. The fourth-order valence-electron chi connectivity index (χ4n) is 3.14. The second kappa shape index (κ2) is 8.93. The van der Waals surface area contributed by atoms with E-state index >= 15 is 0 Å². The molecular weight excluding hydrogens is 340 g/mol. The molecule has 1 heterocycles. The number of esters is 1.